The van der Waals surface area contributed by atoms with Crippen LogP contribution in [0.3, 0.4) is 0 Å². The van der Waals surface area contributed by atoms with E-state index in [-0.39, 0.29) is 18.7 Å². The van der Waals surface area contributed by atoms with Gasteiger partial charge in [-0.15, -0.1) is 0 Å². The lowest BCUT2D eigenvalue weighted by molar-refractivity contribution is -0.168. The topological polar surface area (TPSA) is 122 Å². The molecule has 2 aromatic carbocycles. The number of imidazole rings is 1. The zero-order valence-electron chi connectivity index (χ0n) is 21.0. The van der Waals surface area contributed by atoms with E-state index in [4.69, 9.17) is 9.47 Å². The molecule has 0 saturated carbocycles. The van der Waals surface area contributed by atoms with Crippen LogP contribution in [0.25, 0.3) is 0 Å². The number of carbonyl (C=O) groups is 3. The number of amides is 2. The number of aromatic nitrogens is 2. The van der Waals surface area contributed by atoms with Gasteiger partial charge in [0.25, 0.3) is 5.91 Å². The van der Waals surface area contributed by atoms with Crippen LogP contribution in [0, 0.1) is 0 Å². The van der Waals surface area contributed by atoms with Gasteiger partial charge in [-0.2, -0.15) is 13.2 Å². The molecule has 3 atom stereocenters. The number of hydrogen-bond acceptors (Lipinski definition) is 6. The minimum atomic E-state index is -4.39. The van der Waals surface area contributed by atoms with E-state index in [1.807, 2.05) is 30.3 Å². The maximum absolute atomic E-state index is 12.7. The van der Waals surface area contributed by atoms with Crippen LogP contribution in [0.4, 0.5) is 13.2 Å². The Labute approximate surface area is 222 Å². The second-order valence-electron chi connectivity index (χ2n) is 9.11. The maximum atomic E-state index is 12.7. The van der Waals surface area contributed by atoms with Gasteiger partial charge in [-0.05, 0) is 36.6 Å². The Morgan fingerprint density at radius 1 is 1.10 bits per heavy atom. The van der Waals surface area contributed by atoms with Gasteiger partial charge in [0, 0.05) is 6.42 Å². The van der Waals surface area contributed by atoms with Crippen molar-refractivity contribution in [1.82, 2.24) is 20.6 Å². The number of nitrogens with zero attached hydrogens (tertiary/aromatic N) is 1. The standard InChI is InChI=1S/C27H27F3N4O5/c1-16(24(36)34-20-13-23(35)39-26(20)38-15-18-5-3-2-4-6-18)32-25(37)21-14-31-22(33-21)12-9-17-7-10-19(11-8-17)27(28,29)30/h2-8,10-11,14,16,20,26H,9,12-13,15H2,1H3,(H,31,33)(H,32,37)(H,34,36)/t16-,20+,26+/m1/s1. The van der Waals surface area contributed by atoms with Crippen LogP contribution in [0.5, 0.6) is 0 Å². The zero-order chi connectivity index (χ0) is 28.0. The highest BCUT2D eigenvalue weighted by Crippen LogP contribution is 2.29. The molecule has 3 aromatic rings. The maximum Gasteiger partial charge on any atom is 0.416 e. The molecule has 0 unspecified atom stereocenters. The van der Waals surface area contributed by atoms with Gasteiger partial charge in [0.1, 0.15) is 23.6 Å². The van der Waals surface area contributed by atoms with Crippen molar-refractivity contribution >= 4 is 17.8 Å². The molecule has 206 valence electrons. The van der Waals surface area contributed by atoms with Crippen LogP contribution in [0.15, 0.2) is 60.8 Å². The minimum Gasteiger partial charge on any atom is -0.433 e. The molecule has 39 heavy (non-hydrogen) atoms. The third kappa shape index (κ3) is 7.66. The van der Waals surface area contributed by atoms with Gasteiger partial charge < -0.3 is 25.1 Å². The Bertz CT molecular complexity index is 1290. The van der Waals surface area contributed by atoms with Crippen LogP contribution >= 0.6 is 0 Å². The van der Waals surface area contributed by atoms with Crippen molar-refractivity contribution in [3.8, 4) is 0 Å². The second kappa shape index (κ2) is 12.1. The molecule has 1 aliphatic heterocycles. The van der Waals surface area contributed by atoms with Gasteiger partial charge in [0.15, 0.2) is 0 Å². The molecule has 0 aliphatic carbocycles. The molecule has 2 amide bonds. The number of H-pyrrole nitrogens is 1. The Morgan fingerprint density at radius 3 is 2.51 bits per heavy atom. The van der Waals surface area contributed by atoms with E-state index < -0.39 is 47.9 Å². The number of aromatic amines is 1. The second-order valence-corrected chi connectivity index (χ2v) is 9.11. The number of ether oxygens (including phenoxy) is 2. The predicted octanol–water partition coefficient (Wildman–Crippen LogP) is 3.31. The molecule has 1 aromatic heterocycles. The number of esters is 1. The smallest absolute Gasteiger partial charge is 0.416 e. The van der Waals surface area contributed by atoms with E-state index in [0.717, 1.165) is 17.7 Å². The van der Waals surface area contributed by atoms with Crippen LogP contribution in [0.2, 0.25) is 0 Å². The number of carbonyl (C=O) groups excluding carboxylic acids is 3. The van der Waals surface area contributed by atoms with Gasteiger partial charge in [0.2, 0.25) is 12.2 Å². The van der Waals surface area contributed by atoms with Gasteiger partial charge >= 0.3 is 12.1 Å². The number of halogens is 3. The first-order valence-electron chi connectivity index (χ1n) is 12.2. The summed E-state index contributed by atoms with van der Waals surface area (Å²) in [5.74, 6) is -1.13. The van der Waals surface area contributed by atoms with Gasteiger partial charge in [-0.25, -0.2) is 4.98 Å². The van der Waals surface area contributed by atoms with E-state index in [1.165, 1.54) is 25.3 Å². The van der Waals surface area contributed by atoms with Crippen LogP contribution < -0.4 is 10.6 Å². The van der Waals surface area contributed by atoms with E-state index in [0.29, 0.717) is 24.2 Å². The Balaban J connectivity index is 1.25. The summed E-state index contributed by atoms with van der Waals surface area (Å²) < 4.78 is 49.0. The Morgan fingerprint density at radius 2 is 1.82 bits per heavy atom. The highest BCUT2D eigenvalue weighted by molar-refractivity contribution is 5.96. The summed E-state index contributed by atoms with van der Waals surface area (Å²) in [5, 5.41) is 5.25. The molecule has 3 N–H and O–H groups in total. The molecule has 2 heterocycles. The normalized spacial score (nSPS) is 17.9. The van der Waals surface area contributed by atoms with Crippen LogP contribution in [0.1, 0.15) is 46.3 Å². The van der Waals surface area contributed by atoms with Crippen molar-refractivity contribution < 1.29 is 37.0 Å². The molecule has 9 nitrogen and oxygen atoms in total. The van der Waals surface area contributed by atoms with Crippen molar-refractivity contribution in [2.75, 3.05) is 0 Å². The molecule has 12 heteroatoms. The first-order chi connectivity index (χ1) is 18.6. The first kappa shape index (κ1) is 27.8. The first-order valence-corrected chi connectivity index (χ1v) is 12.2. The van der Waals surface area contributed by atoms with Gasteiger partial charge in [0.05, 0.1) is 24.8 Å². The number of benzene rings is 2. The van der Waals surface area contributed by atoms with Gasteiger partial charge in [-0.3, -0.25) is 14.4 Å². The van der Waals surface area contributed by atoms with E-state index in [1.54, 1.807) is 0 Å². The van der Waals surface area contributed by atoms with Gasteiger partial charge in [-0.1, -0.05) is 42.5 Å². The molecule has 0 radical (unpaired) electrons. The van der Waals surface area contributed by atoms with Crippen LogP contribution in [-0.2, 0) is 44.7 Å². The highest BCUT2D eigenvalue weighted by Gasteiger charge is 2.37. The Kier molecular flexibility index (Phi) is 8.65. The molecule has 0 bridgehead atoms. The zero-order valence-corrected chi connectivity index (χ0v) is 21.0. The molecule has 4 rings (SSSR count). The fourth-order valence-electron chi connectivity index (χ4n) is 3.93. The van der Waals surface area contributed by atoms with Crippen molar-refractivity contribution in [3.05, 3.63) is 89.0 Å². The summed E-state index contributed by atoms with van der Waals surface area (Å²) in [6.07, 6.45) is -3.30. The SMILES string of the molecule is C[C@@H](NC(=O)c1cnc(CCc2ccc(C(F)(F)F)cc2)[nH]1)C(=O)N[C@H]1CC(=O)O[C@@H]1OCc1ccccc1. The third-order valence-electron chi connectivity index (χ3n) is 6.09. The molecular weight excluding hydrogens is 517 g/mol. The fourth-order valence-corrected chi connectivity index (χ4v) is 3.93. The fraction of sp³-hybridized carbons (Fsp3) is 0.333. The summed E-state index contributed by atoms with van der Waals surface area (Å²) in [4.78, 5) is 44.1. The summed E-state index contributed by atoms with van der Waals surface area (Å²) in [7, 11) is 0. The van der Waals surface area contributed by atoms with Crippen LogP contribution in [-0.4, -0.2) is 46.1 Å². The lowest BCUT2D eigenvalue weighted by Gasteiger charge is -2.21. The van der Waals surface area contributed by atoms with E-state index in [9.17, 15) is 27.6 Å². The van der Waals surface area contributed by atoms with Crippen molar-refractivity contribution in [1.29, 1.82) is 0 Å². The minimum absolute atomic E-state index is 0.0608. The largest absolute Gasteiger partial charge is 0.433 e. The Hall–Kier alpha value is -4.19. The average Bonchev–Trinajstić information content (AvgIpc) is 3.52. The lowest BCUT2D eigenvalue weighted by atomic mass is 10.1. The number of hydrogen-bond donors (Lipinski definition) is 3. The number of rotatable bonds is 10. The van der Waals surface area contributed by atoms with Crippen molar-refractivity contribution in [2.45, 2.75) is 57.3 Å². The summed E-state index contributed by atoms with van der Waals surface area (Å²) >= 11 is 0. The summed E-state index contributed by atoms with van der Waals surface area (Å²) in [6.45, 7) is 1.69. The van der Waals surface area contributed by atoms with Crippen molar-refractivity contribution in [2.24, 2.45) is 0 Å². The molecule has 1 saturated heterocycles. The lowest BCUT2D eigenvalue weighted by Crippen LogP contribution is -2.50. The molecule has 0 spiro atoms. The highest BCUT2D eigenvalue weighted by atomic mass is 19.4. The quantitative estimate of drug-likeness (QED) is 0.337. The third-order valence-corrected chi connectivity index (χ3v) is 6.09. The summed E-state index contributed by atoms with van der Waals surface area (Å²) in [5.41, 5.74) is 0.977. The van der Waals surface area contributed by atoms with E-state index >= 15 is 0 Å². The number of nitrogens with one attached hydrogen (secondary N) is 3. The number of cyclic esters (lactones) is 1. The van der Waals surface area contributed by atoms with Crippen molar-refractivity contribution in [3.63, 3.8) is 0 Å². The number of aryl methyl sites for hydroxylation is 2. The molecule has 1 fully saturated rings. The average molecular weight is 545 g/mol. The monoisotopic (exact) mass is 544 g/mol. The summed E-state index contributed by atoms with van der Waals surface area (Å²) in [6, 6.07) is 12.5. The predicted molar refractivity (Wildman–Crippen MR) is 132 cm³/mol. The number of alkyl halides is 3. The van der Waals surface area contributed by atoms with E-state index in [2.05, 4.69) is 20.6 Å². The molecule has 1 aliphatic rings. The molecular formula is C27H27F3N4O5.